The number of aromatic nitrogens is 5. The number of hydrogen-bond donors (Lipinski definition) is 1. The molecule has 2 aliphatic heterocycles. The highest BCUT2D eigenvalue weighted by molar-refractivity contribution is 5.94. The molecule has 0 aromatic carbocycles. The van der Waals surface area contributed by atoms with Gasteiger partial charge in [-0.05, 0) is 59.6 Å². The number of rotatable bonds is 3. The Morgan fingerprint density at radius 1 is 1.17 bits per heavy atom. The summed E-state index contributed by atoms with van der Waals surface area (Å²) >= 11 is 0. The number of carbonyl (C=O) groups excluding carboxylic acids is 2. The predicted molar refractivity (Wildman–Crippen MR) is 113 cm³/mol. The van der Waals surface area contributed by atoms with Crippen molar-refractivity contribution < 1.29 is 9.59 Å². The third-order valence-electron chi connectivity index (χ3n) is 6.01. The second-order valence-corrected chi connectivity index (χ2v) is 7.80. The lowest BCUT2D eigenvalue weighted by molar-refractivity contribution is -0.125. The van der Waals surface area contributed by atoms with Gasteiger partial charge in [0.05, 0.1) is 6.04 Å². The Kier molecular flexibility index (Phi) is 6.28. The van der Waals surface area contributed by atoms with E-state index in [1.807, 2.05) is 17.0 Å². The molecule has 160 valence electrons. The Labute approximate surface area is 176 Å². The standard InChI is InChI=1S/C19H21N7O2.2CH4/c27-17-3-2-13-5-12(8-20-19(13)23-17)1-4-18(28)25-9-14-6-16(7-15(14)10-25)26-22-11-21-24-26;;/h1,4-5,8,11,14-16H,2-3,6-7,9-10H2,(H,20,23,27);2*1H4/b4-1+;;/t14-,15+,16?;;. The molecule has 30 heavy (non-hydrogen) atoms. The fourth-order valence-electron chi connectivity index (χ4n) is 4.62. The van der Waals surface area contributed by atoms with Crippen molar-refractivity contribution >= 4 is 23.7 Å². The summed E-state index contributed by atoms with van der Waals surface area (Å²) in [5, 5.41) is 14.7. The van der Waals surface area contributed by atoms with Crippen LogP contribution in [0.25, 0.3) is 6.08 Å². The van der Waals surface area contributed by atoms with E-state index in [-0.39, 0.29) is 26.7 Å². The molecule has 2 fully saturated rings. The highest BCUT2D eigenvalue weighted by Crippen LogP contribution is 2.43. The molecule has 9 heteroatoms. The highest BCUT2D eigenvalue weighted by Gasteiger charge is 2.43. The second kappa shape index (κ2) is 8.73. The van der Waals surface area contributed by atoms with Crippen LogP contribution < -0.4 is 5.32 Å². The van der Waals surface area contributed by atoms with Crippen LogP contribution in [0.15, 0.2) is 24.7 Å². The molecule has 4 heterocycles. The van der Waals surface area contributed by atoms with Crippen LogP contribution in [0.2, 0.25) is 0 Å². The number of tetrazole rings is 1. The lowest BCUT2D eigenvalue weighted by Gasteiger charge is -2.17. The monoisotopic (exact) mass is 411 g/mol. The first-order valence-electron chi connectivity index (χ1n) is 9.64. The number of aryl methyl sites for hydroxylation is 1. The van der Waals surface area contributed by atoms with E-state index in [0.717, 1.165) is 37.1 Å². The zero-order chi connectivity index (χ0) is 19.1. The summed E-state index contributed by atoms with van der Waals surface area (Å²) < 4.78 is 0. The van der Waals surface area contributed by atoms with Crippen molar-refractivity contribution in [3.8, 4) is 0 Å². The van der Waals surface area contributed by atoms with E-state index < -0.39 is 0 Å². The highest BCUT2D eigenvalue weighted by atomic mass is 16.2. The third-order valence-corrected chi connectivity index (χ3v) is 6.01. The van der Waals surface area contributed by atoms with E-state index in [9.17, 15) is 9.59 Å². The van der Waals surface area contributed by atoms with Gasteiger partial charge >= 0.3 is 0 Å². The number of pyridine rings is 1. The number of likely N-dealkylation sites (tertiary alicyclic amines) is 1. The van der Waals surface area contributed by atoms with Gasteiger partial charge in [-0.25, -0.2) is 4.98 Å². The first kappa shape index (κ1) is 21.6. The lowest BCUT2D eigenvalue weighted by Crippen LogP contribution is -2.28. The average Bonchev–Trinajstić information content (AvgIpc) is 3.41. The van der Waals surface area contributed by atoms with Gasteiger partial charge < -0.3 is 10.2 Å². The van der Waals surface area contributed by atoms with Crippen LogP contribution in [0.3, 0.4) is 0 Å². The van der Waals surface area contributed by atoms with Crippen molar-refractivity contribution in [1.29, 1.82) is 0 Å². The molecule has 5 rings (SSSR count). The molecule has 9 nitrogen and oxygen atoms in total. The number of nitrogens with one attached hydrogen (secondary N) is 1. The van der Waals surface area contributed by atoms with Gasteiger partial charge in [-0.2, -0.15) is 4.80 Å². The summed E-state index contributed by atoms with van der Waals surface area (Å²) in [7, 11) is 0. The maximum atomic E-state index is 12.6. The SMILES string of the molecule is C.C.O=C1CCc2cc(/C=C/C(=O)N3C[C@H]4CC(n5ncnn5)C[C@H]4C3)cnc2N1. The van der Waals surface area contributed by atoms with Crippen LogP contribution in [0, 0.1) is 11.8 Å². The van der Waals surface area contributed by atoms with Gasteiger partial charge in [0.2, 0.25) is 11.8 Å². The Hall–Kier alpha value is -3.10. The molecule has 0 bridgehead atoms. The van der Waals surface area contributed by atoms with E-state index in [0.29, 0.717) is 36.5 Å². The van der Waals surface area contributed by atoms with Gasteiger partial charge in [-0.15, -0.1) is 10.2 Å². The smallest absolute Gasteiger partial charge is 0.246 e. The molecule has 2 aromatic rings. The van der Waals surface area contributed by atoms with Crippen molar-refractivity contribution in [2.75, 3.05) is 18.4 Å². The Balaban J connectivity index is 0.00000128. The second-order valence-electron chi connectivity index (χ2n) is 7.80. The van der Waals surface area contributed by atoms with E-state index in [1.54, 1.807) is 17.1 Å². The molecule has 1 saturated carbocycles. The van der Waals surface area contributed by atoms with Gasteiger partial charge in [-0.3, -0.25) is 9.59 Å². The zero-order valence-electron chi connectivity index (χ0n) is 15.4. The number of fused-ring (bicyclic) bond motifs is 2. The number of carbonyl (C=O) groups is 2. The summed E-state index contributed by atoms with van der Waals surface area (Å²) in [6.45, 7) is 1.57. The van der Waals surface area contributed by atoms with Crippen LogP contribution >= 0.6 is 0 Å². The van der Waals surface area contributed by atoms with Gasteiger partial charge in [0.15, 0.2) is 6.33 Å². The maximum Gasteiger partial charge on any atom is 0.246 e. The van der Waals surface area contributed by atoms with Crippen LogP contribution in [0.5, 0.6) is 0 Å². The molecule has 1 aliphatic carbocycles. The minimum atomic E-state index is -0.000100. The third kappa shape index (κ3) is 4.10. The quantitative estimate of drug-likeness (QED) is 0.777. The summed E-state index contributed by atoms with van der Waals surface area (Å²) in [6.07, 6.45) is 9.74. The molecule has 1 N–H and O–H groups in total. The van der Waals surface area contributed by atoms with Crippen molar-refractivity contribution in [3.63, 3.8) is 0 Å². The lowest BCUT2D eigenvalue weighted by atomic mass is 10.0. The van der Waals surface area contributed by atoms with Crippen LogP contribution in [0.1, 0.15) is 51.3 Å². The maximum absolute atomic E-state index is 12.6. The van der Waals surface area contributed by atoms with Crippen LogP contribution in [-0.4, -0.2) is 55.0 Å². The zero-order valence-corrected chi connectivity index (χ0v) is 15.4. The number of amides is 2. The molecule has 3 atom stereocenters. The molecule has 0 radical (unpaired) electrons. The summed E-state index contributed by atoms with van der Waals surface area (Å²) in [4.78, 5) is 32.0. The normalized spacial score (nSPS) is 24.6. The summed E-state index contributed by atoms with van der Waals surface area (Å²) in [6, 6.07) is 2.28. The van der Waals surface area contributed by atoms with Gasteiger partial charge in [0, 0.05) is 31.8 Å². The first-order chi connectivity index (χ1) is 13.7. The fraction of sp³-hybridized carbons (Fsp3) is 0.524. The number of anilines is 1. The Morgan fingerprint density at radius 3 is 2.63 bits per heavy atom. The van der Waals surface area contributed by atoms with E-state index in [2.05, 4.69) is 25.7 Å². The topological polar surface area (TPSA) is 106 Å². The van der Waals surface area contributed by atoms with E-state index in [4.69, 9.17) is 0 Å². The molecule has 1 unspecified atom stereocenters. The van der Waals surface area contributed by atoms with E-state index >= 15 is 0 Å². The van der Waals surface area contributed by atoms with Crippen molar-refractivity contribution in [2.24, 2.45) is 11.8 Å². The average molecular weight is 412 g/mol. The number of hydrogen-bond acceptors (Lipinski definition) is 6. The molecule has 1 saturated heterocycles. The molecule has 2 aromatic heterocycles. The van der Waals surface area contributed by atoms with Crippen molar-refractivity contribution in [3.05, 3.63) is 35.8 Å². The fourth-order valence-corrected chi connectivity index (χ4v) is 4.62. The number of nitrogens with zero attached hydrogens (tertiary/aromatic N) is 6. The minimum absolute atomic E-state index is 0. The Bertz CT molecular complexity index is 927. The largest absolute Gasteiger partial charge is 0.339 e. The molecular weight excluding hydrogens is 382 g/mol. The van der Waals surface area contributed by atoms with Gasteiger partial charge in [0.25, 0.3) is 0 Å². The molecule has 3 aliphatic rings. The summed E-state index contributed by atoms with van der Waals surface area (Å²) in [5.41, 5.74) is 1.89. The van der Waals surface area contributed by atoms with Gasteiger partial charge in [-0.1, -0.05) is 14.9 Å². The predicted octanol–water partition coefficient (Wildman–Crippen LogP) is 2.35. The van der Waals surface area contributed by atoms with Crippen LogP contribution in [0.4, 0.5) is 5.82 Å². The van der Waals surface area contributed by atoms with Crippen molar-refractivity contribution in [2.45, 2.75) is 46.6 Å². The summed E-state index contributed by atoms with van der Waals surface area (Å²) in [5.74, 6) is 1.67. The molecule has 2 amide bonds. The van der Waals surface area contributed by atoms with Crippen molar-refractivity contribution in [1.82, 2.24) is 30.1 Å². The van der Waals surface area contributed by atoms with Crippen LogP contribution in [-0.2, 0) is 16.0 Å². The minimum Gasteiger partial charge on any atom is -0.339 e. The van der Waals surface area contributed by atoms with Gasteiger partial charge in [0.1, 0.15) is 5.82 Å². The first-order valence-corrected chi connectivity index (χ1v) is 9.64. The molecule has 0 spiro atoms. The van der Waals surface area contributed by atoms with E-state index in [1.165, 1.54) is 6.33 Å². The molecular formula is C21H29N7O2. The Morgan fingerprint density at radius 2 is 1.93 bits per heavy atom.